The number of hydrogen-bond donors (Lipinski definition) is 0. The van der Waals surface area contributed by atoms with Crippen molar-refractivity contribution in [2.75, 3.05) is 20.3 Å². The first-order chi connectivity index (χ1) is 10.9. The number of nitrogens with zero attached hydrogens (tertiary/aromatic N) is 4. The summed E-state index contributed by atoms with van der Waals surface area (Å²) in [4.78, 5) is 11.4. The van der Waals surface area contributed by atoms with Crippen molar-refractivity contribution in [1.29, 1.82) is 0 Å². The van der Waals surface area contributed by atoms with Crippen molar-refractivity contribution < 1.29 is 4.74 Å². The van der Waals surface area contributed by atoms with Crippen LogP contribution in [0.1, 0.15) is 36.7 Å². The quantitative estimate of drug-likeness (QED) is 0.822. The zero-order valence-corrected chi connectivity index (χ0v) is 13.2. The van der Waals surface area contributed by atoms with E-state index >= 15 is 0 Å². The van der Waals surface area contributed by atoms with E-state index in [1.165, 1.54) is 30.7 Å². The Morgan fingerprint density at radius 2 is 2.27 bits per heavy atom. The topological polar surface area (TPSA) is 43.2 Å². The summed E-state index contributed by atoms with van der Waals surface area (Å²) in [6, 6.07) is 6.63. The Hall–Kier alpha value is -1.72. The van der Waals surface area contributed by atoms with E-state index in [-0.39, 0.29) is 0 Å². The molecule has 0 unspecified atom stereocenters. The van der Waals surface area contributed by atoms with Crippen molar-refractivity contribution in [3.63, 3.8) is 0 Å². The molecule has 118 valence electrons. The van der Waals surface area contributed by atoms with E-state index in [4.69, 9.17) is 4.74 Å². The average molecular weight is 300 g/mol. The third kappa shape index (κ3) is 3.54. The molecule has 1 aliphatic heterocycles. The fraction of sp³-hybridized carbons (Fsp3) is 0.529. The van der Waals surface area contributed by atoms with Gasteiger partial charge in [-0.1, -0.05) is 12.5 Å². The number of likely N-dealkylation sites (tertiary alicyclic amines) is 1. The molecule has 0 bridgehead atoms. The van der Waals surface area contributed by atoms with Gasteiger partial charge in [0.1, 0.15) is 0 Å². The van der Waals surface area contributed by atoms with Crippen molar-refractivity contribution in [1.82, 2.24) is 19.4 Å². The van der Waals surface area contributed by atoms with Gasteiger partial charge < -0.3 is 9.30 Å². The first kappa shape index (κ1) is 15.2. The molecule has 2 aromatic heterocycles. The minimum Gasteiger partial charge on any atom is -0.383 e. The summed E-state index contributed by atoms with van der Waals surface area (Å²) in [7, 11) is 1.73. The molecule has 0 spiro atoms. The maximum atomic E-state index is 5.18. The highest BCUT2D eigenvalue weighted by Crippen LogP contribution is 2.30. The average Bonchev–Trinajstić information content (AvgIpc) is 3.01. The van der Waals surface area contributed by atoms with Gasteiger partial charge in [0.15, 0.2) is 0 Å². The number of hydrogen-bond acceptors (Lipinski definition) is 4. The summed E-state index contributed by atoms with van der Waals surface area (Å²) in [5, 5.41) is 0. The van der Waals surface area contributed by atoms with Crippen LogP contribution in [0.4, 0.5) is 0 Å². The van der Waals surface area contributed by atoms with Crippen LogP contribution in [0, 0.1) is 0 Å². The van der Waals surface area contributed by atoms with Crippen molar-refractivity contribution >= 4 is 0 Å². The largest absolute Gasteiger partial charge is 0.383 e. The van der Waals surface area contributed by atoms with Crippen LogP contribution in [0.25, 0.3) is 0 Å². The molecule has 1 fully saturated rings. The lowest BCUT2D eigenvalue weighted by Crippen LogP contribution is -2.34. The molecule has 0 N–H and O–H groups in total. The van der Waals surface area contributed by atoms with Crippen LogP contribution in [0.15, 0.2) is 36.9 Å². The van der Waals surface area contributed by atoms with Crippen LogP contribution in [0.5, 0.6) is 0 Å². The number of rotatable bonds is 6. The molecule has 2 aromatic rings. The van der Waals surface area contributed by atoms with Crippen LogP contribution < -0.4 is 0 Å². The van der Waals surface area contributed by atoms with Crippen LogP contribution in [0.3, 0.4) is 0 Å². The summed E-state index contributed by atoms with van der Waals surface area (Å²) in [5.41, 5.74) is 2.44. The SMILES string of the molecule is COCCn1cncc1CN1CCCC[C@@H]1c1ccccn1. The molecule has 0 radical (unpaired) electrons. The highest BCUT2D eigenvalue weighted by molar-refractivity contribution is 5.11. The minimum atomic E-state index is 0.417. The lowest BCUT2D eigenvalue weighted by molar-refractivity contribution is 0.132. The Kier molecular flexibility index (Phi) is 5.19. The number of imidazole rings is 1. The second kappa shape index (κ2) is 7.51. The number of pyridine rings is 1. The van der Waals surface area contributed by atoms with Gasteiger partial charge in [0.25, 0.3) is 0 Å². The van der Waals surface area contributed by atoms with E-state index in [9.17, 15) is 0 Å². The molecule has 5 nitrogen and oxygen atoms in total. The first-order valence-electron chi connectivity index (χ1n) is 8.01. The molecular formula is C17H24N4O. The molecule has 3 rings (SSSR count). The standard InChI is InChI=1S/C17H24N4O/c1-22-11-10-21-14-18-12-15(21)13-20-9-5-3-7-17(20)16-6-2-4-8-19-16/h2,4,6,8,12,14,17H,3,5,7,9-11,13H2,1H3/t17-/m1/s1. The predicted octanol–water partition coefficient (Wildman–Crippen LogP) is 2.65. The lowest BCUT2D eigenvalue weighted by Gasteiger charge is -2.35. The summed E-state index contributed by atoms with van der Waals surface area (Å²) in [6.07, 6.45) is 9.48. The van der Waals surface area contributed by atoms with Crippen LogP contribution in [-0.4, -0.2) is 39.7 Å². The lowest BCUT2D eigenvalue weighted by atomic mass is 9.98. The molecule has 22 heavy (non-hydrogen) atoms. The van der Waals surface area contributed by atoms with Gasteiger partial charge in [0.05, 0.1) is 30.4 Å². The summed E-state index contributed by atoms with van der Waals surface area (Å²) in [6.45, 7) is 3.61. The van der Waals surface area contributed by atoms with Gasteiger partial charge >= 0.3 is 0 Å². The molecule has 0 aliphatic carbocycles. The van der Waals surface area contributed by atoms with E-state index < -0.39 is 0 Å². The van der Waals surface area contributed by atoms with Crippen LogP contribution in [0.2, 0.25) is 0 Å². The Balaban J connectivity index is 1.73. The number of ether oxygens (including phenoxy) is 1. The van der Waals surface area contributed by atoms with Gasteiger partial charge in [-0.2, -0.15) is 0 Å². The number of piperidine rings is 1. The molecular weight excluding hydrogens is 276 g/mol. The number of methoxy groups -OCH3 is 1. The van der Waals surface area contributed by atoms with Gasteiger partial charge in [-0.25, -0.2) is 4.98 Å². The Morgan fingerprint density at radius 3 is 3.09 bits per heavy atom. The molecule has 1 aliphatic rings. The highest BCUT2D eigenvalue weighted by Gasteiger charge is 2.25. The van der Waals surface area contributed by atoms with Gasteiger partial charge in [0, 0.05) is 32.6 Å². The minimum absolute atomic E-state index is 0.417. The summed E-state index contributed by atoms with van der Waals surface area (Å²) < 4.78 is 7.37. The van der Waals surface area contributed by atoms with Crippen molar-refractivity contribution in [2.45, 2.75) is 38.4 Å². The first-order valence-corrected chi connectivity index (χ1v) is 8.01. The highest BCUT2D eigenvalue weighted by atomic mass is 16.5. The predicted molar refractivity (Wildman–Crippen MR) is 85.3 cm³/mol. The van der Waals surface area contributed by atoms with E-state index in [1.54, 1.807) is 7.11 Å². The van der Waals surface area contributed by atoms with Gasteiger partial charge in [0.2, 0.25) is 0 Å². The normalized spacial score (nSPS) is 19.4. The molecule has 0 saturated carbocycles. The zero-order valence-electron chi connectivity index (χ0n) is 13.2. The van der Waals surface area contributed by atoms with Crippen LogP contribution in [-0.2, 0) is 17.8 Å². The van der Waals surface area contributed by atoms with E-state index in [2.05, 4.69) is 31.6 Å². The van der Waals surface area contributed by atoms with E-state index in [0.717, 1.165) is 19.6 Å². The molecule has 1 saturated heterocycles. The second-order valence-corrected chi connectivity index (χ2v) is 5.81. The molecule has 0 aromatic carbocycles. The third-order valence-electron chi connectivity index (χ3n) is 4.34. The number of aromatic nitrogens is 3. The van der Waals surface area contributed by atoms with Gasteiger partial charge in [-0.05, 0) is 31.5 Å². The van der Waals surface area contributed by atoms with Gasteiger partial charge in [-0.15, -0.1) is 0 Å². The van der Waals surface area contributed by atoms with Crippen molar-refractivity contribution in [2.24, 2.45) is 0 Å². The zero-order chi connectivity index (χ0) is 15.2. The maximum Gasteiger partial charge on any atom is 0.0949 e. The Labute approximate surface area is 131 Å². The van der Waals surface area contributed by atoms with E-state index in [1.807, 2.05) is 24.8 Å². The smallest absolute Gasteiger partial charge is 0.0949 e. The van der Waals surface area contributed by atoms with E-state index in [0.29, 0.717) is 12.6 Å². The van der Waals surface area contributed by atoms with Crippen LogP contribution >= 0.6 is 0 Å². The molecule has 0 amide bonds. The fourth-order valence-corrected chi connectivity index (χ4v) is 3.17. The Morgan fingerprint density at radius 1 is 1.32 bits per heavy atom. The van der Waals surface area contributed by atoms with Gasteiger partial charge in [-0.3, -0.25) is 9.88 Å². The third-order valence-corrected chi connectivity index (χ3v) is 4.34. The summed E-state index contributed by atoms with van der Waals surface area (Å²) >= 11 is 0. The fourth-order valence-electron chi connectivity index (χ4n) is 3.17. The molecule has 1 atom stereocenters. The monoisotopic (exact) mass is 300 g/mol. The Bertz CT molecular complexity index is 569. The maximum absolute atomic E-state index is 5.18. The summed E-state index contributed by atoms with van der Waals surface area (Å²) in [5.74, 6) is 0. The van der Waals surface area contributed by atoms with Crippen molar-refractivity contribution in [3.8, 4) is 0 Å². The molecule has 5 heteroatoms. The molecule has 3 heterocycles. The second-order valence-electron chi connectivity index (χ2n) is 5.81. The van der Waals surface area contributed by atoms with Crippen molar-refractivity contribution in [3.05, 3.63) is 48.3 Å².